The van der Waals surface area contributed by atoms with Gasteiger partial charge in [-0.3, -0.25) is 4.79 Å². The second kappa shape index (κ2) is 4.40. The van der Waals surface area contributed by atoms with Crippen LogP contribution in [0.3, 0.4) is 0 Å². The van der Waals surface area contributed by atoms with Gasteiger partial charge in [0.25, 0.3) is 0 Å². The molecule has 18 heavy (non-hydrogen) atoms. The maximum Gasteiger partial charge on any atom is 0.231 e. The standard InChI is InChI=1S/C13H16N2O3/c14-9-5-11-12(18-7-17-11)6-10(9)15-13(16)8-3-1-2-4-8/h5-6,8H,1-4,7,14H2,(H,15,16). The highest BCUT2D eigenvalue weighted by molar-refractivity contribution is 5.96. The molecule has 0 spiro atoms. The summed E-state index contributed by atoms with van der Waals surface area (Å²) in [6.45, 7) is 0.203. The van der Waals surface area contributed by atoms with Crippen molar-refractivity contribution < 1.29 is 14.3 Å². The van der Waals surface area contributed by atoms with Crippen molar-refractivity contribution >= 4 is 17.3 Å². The van der Waals surface area contributed by atoms with Crippen molar-refractivity contribution in [1.29, 1.82) is 0 Å². The largest absolute Gasteiger partial charge is 0.454 e. The summed E-state index contributed by atoms with van der Waals surface area (Å²) < 4.78 is 10.5. The van der Waals surface area contributed by atoms with Gasteiger partial charge in [0.05, 0.1) is 11.4 Å². The van der Waals surface area contributed by atoms with Gasteiger partial charge in [-0.05, 0) is 12.8 Å². The third-order valence-electron chi connectivity index (χ3n) is 3.53. The van der Waals surface area contributed by atoms with E-state index in [1.54, 1.807) is 12.1 Å². The number of fused-ring (bicyclic) bond motifs is 1. The van der Waals surface area contributed by atoms with Gasteiger partial charge in [0.15, 0.2) is 11.5 Å². The molecule has 1 aliphatic heterocycles. The first-order chi connectivity index (χ1) is 8.74. The van der Waals surface area contributed by atoms with Crippen molar-refractivity contribution in [2.45, 2.75) is 25.7 Å². The van der Waals surface area contributed by atoms with Gasteiger partial charge >= 0.3 is 0 Å². The van der Waals surface area contributed by atoms with Crippen LogP contribution in [0.4, 0.5) is 11.4 Å². The summed E-state index contributed by atoms with van der Waals surface area (Å²) in [5, 5.41) is 2.88. The van der Waals surface area contributed by atoms with E-state index in [0.29, 0.717) is 22.9 Å². The molecule has 1 aromatic carbocycles. The van der Waals surface area contributed by atoms with Crippen LogP contribution in [0, 0.1) is 5.92 Å². The Labute approximate surface area is 105 Å². The molecule has 0 aromatic heterocycles. The average Bonchev–Trinajstić information content (AvgIpc) is 2.98. The molecular weight excluding hydrogens is 232 g/mol. The second-order valence-corrected chi connectivity index (χ2v) is 4.76. The van der Waals surface area contributed by atoms with Crippen molar-refractivity contribution in [2.75, 3.05) is 17.8 Å². The van der Waals surface area contributed by atoms with E-state index < -0.39 is 0 Å². The Hall–Kier alpha value is -1.91. The van der Waals surface area contributed by atoms with Crippen LogP contribution in [0.2, 0.25) is 0 Å². The maximum absolute atomic E-state index is 12.0. The Morgan fingerprint density at radius 1 is 1.22 bits per heavy atom. The highest BCUT2D eigenvalue weighted by atomic mass is 16.7. The number of nitrogens with one attached hydrogen (secondary N) is 1. The molecule has 1 amide bonds. The fourth-order valence-corrected chi connectivity index (χ4v) is 2.49. The molecule has 0 radical (unpaired) electrons. The summed E-state index contributed by atoms with van der Waals surface area (Å²) in [5.74, 6) is 1.44. The van der Waals surface area contributed by atoms with Gasteiger partial charge < -0.3 is 20.5 Å². The van der Waals surface area contributed by atoms with Crippen LogP contribution in [0.1, 0.15) is 25.7 Å². The van der Waals surface area contributed by atoms with E-state index in [1.165, 1.54) is 0 Å². The molecule has 1 saturated carbocycles. The zero-order valence-electron chi connectivity index (χ0n) is 10.1. The number of hydrogen-bond acceptors (Lipinski definition) is 4. The number of amides is 1. The lowest BCUT2D eigenvalue weighted by Crippen LogP contribution is -2.20. The molecule has 1 aromatic rings. The molecule has 2 aliphatic rings. The van der Waals surface area contributed by atoms with Crippen molar-refractivity contribution in [1.82, 2.24) is 0 Å². The van der Waals surface area contributed by atoms with E-state index in [0.717, 1.165) is 25.7 Å². The fourth-order valence-electron chi connectivity index (χ4n) is 2.49. The van der Waals surface area contributed by atoms with E-state index in [9.17, 15) is 4.79 Å². The van der Waals surface area contributed by atoms with Crippen LogP contribution >= 0.6 is 0 Å². The van der Waals surface area contributed by atoms with Crippen molar-refractivity contribution in [2.24, 2.45) is 5.92 Å². The Balaban J connectivity index is 1.78. The Bertz CT molecular complexity index is 481. The summed E-state index contributed by atoms with van der Waals surface area (Å²) in [4.78, 5) is 12.0. The summed E-state index contributed by atoms with van der Waals surface area (Å²) in [5.41, 5.74) is 7.00. The van der Waals surface area contributed by atoms with Crippen molar-refractivity contribution in [3.63, 3.8) is 0 Å². The van der Waals surface area contributed by atoms with Gasteiger partial charge in [0, 0.05) is 18.1 Å². The van der Waals surface area contributed by atoms with Crippen LogP contribution in [-0.2, 0) is 4.79 Å². The molecule has 5 nitrogen and oxygen atoms in total. The molecule has 1 fully saturated rings. The molecule has 96 valence electrons. The third kappa shape index (κ3) is 1.96. The zero-order valence-corrected chi connectivity index (χ0v) is 10.1. The van der Waals surface area contributed by atoms with E-state index in [-0.39, 0.29) is 18.6 Å². The first-order valence-corrected chi connectivity index (χ1v) is 6.24. The highest BCUT2D eigenvalue weighted by Crippen LogP contribution is 2.38. The summed E-state index contributed by atoms with van der Waals surface area (Å²) in [6, 6.07) is 3.41. The number of anilines is 2. The number of ether oxygens (including phenoxy) is 2. The molecule has 5 heteroatoms. The van der Waals surface area contributed by atoms with Gasteiger partial charge in [-0.1, -0.05) is 12.8 Å². The topological polar surface area (TPSA) is 73.6 Å². The van der Waals surface area contributed by atoms with Crippen LogP contribution in [0.25, 0.3) is 0 Å². The monoisotopic (exact) mass is 248 g/mol. The van der Waals surface area contributed by atoms with Crippen molar-refractivity contribution in [3.05, 3.63) is 12.1 Å². The second-order valence-electron chi connectivity index (χ2n) is 4.76. The van der Waals surface area contributed by atoms with Gasteiger partial charge in [-0.25, -0.2) is 0 Å². The SMILES string of the molecule is Nc1cc2c(cc1NC(=O)C1CCCC1)OCO2. The first-order valence-electron chi connectivity index (χ1n) is 6.24. The van der Waals surface area contributed by atoms with E-state index in [4.69, 9.17) is 15.2 Å². The number of benzene rings is 1. The maximum atomic E-state index is 12.0. The molecule has 1 aliphatic carbocycles. The predicted molar refractivity (Wildman–Crippen MR) is 67.6 cm³/mol. The number of carbonyl (C=O) groups is 1. The molecule has 3 N–H and O–H groups in total. The lowest BCUT2D eigenvalue weighted by Gasteiger charge is -2.12. The minimum absolute atomic E-state index is 0.0538. The number of nitrogens with two attached hydrogens (primary N) is 1. The van der Waals surface area contributed by atoms with Gasteiger partial charge in [-0.15, -0.1) is 0 Å². The van der Waals surface area contributed by atoms with Crippen LogP contribution in [0.5, 0.6) is 11.5 Å². The van der Waals surface area contributed by atoms with E-state index in [2.05, 4.69) is 5.32 Å². The van der Waals surface area contributed by atoms with Gasteiger partial charge in [-0.2, -0.15) is 0 Å². The molecular formula is C13H16N2O3. The van der Waals surface area contributed by atoms with E-state index in [1.807, 2.05) is 0 Å². The molecule has 0 bridgehead atoms. The van der Waals surface area contributed by atoms with Gasteiger partial charge in [0.2, 0.25) is 12.7 Å². The Morgan fingerprint density at radius 2 is 1.89 bits per heavy atom. The molecule has 0 unspecified atom stereocenters. The summed E-state index contributed by atoms with van der Waals surface area (Å²) in [7, 11) is 0. The Morgan fingerprint density at radius 3 is 2.61 bits per heavy atom. The predicted octanol–water partition coefficient (Wildman–Crippen LogP) is 2.13. The van der Waals surface area contributed by atoms with Crippen LogP contribution in [-0.4, -0.2) is 12.7 Å². The summed E-state index contributed by atoms with van der Waals surface area (Å²) >= 11 is 0. The van der Waals surface area contributed by atoms with Crippen LogP contribution < -0.4 is 20.5 Å². The fraction of sp³-hybridized carbons (Fsp3) is 0.462. The average molecular weight is 248 g/mol. The molecule has 3 rings (SSSR count). The highest BCUT2D eigenvalue weighted by Gasteiger charge is 2.24. The lowest BCUT2D eigenvalue weighted by atomic mass is 10.1. The summed E-state index contributed by atoms with van der Waals surface area (Å²) in [6.07, 6.45) is 4.20. The minimum Gasteiger partial charge on any atom is -0.454 e. The van der Waals surface area contributed by atoms with Crippen LogP contribution in [0.15, 0.2) is 12.1 Å². The van der Waals surface area contributed by atoms with Gasteiger partial charge in [0.1, 0.15) is 0 Å². The van der Waals surface area contributed by atoms with E-state index >= 15 is 0 Å². The van der Waals surface area contributed by atoms with Crippen molar-refractivity contribution in [3.8, 4) is 11.5 Å². The third-order valence-corrected chi connectivity index (χ3v) is 3.53. The molecule has 0 atom stereocenters. The smallest absolute Gasteiger partial charge is 0.231 e. The number of hydrogen-bond donors (Lipinski definition) is 2. The number of nitrogen functional groups attached to an aromatic ring is 1. The first kappa shape index (κ1) is 11.2. The zero-order chi connectivity index (χ0) is 12.5. The Kier molecular flexibility index (Phi) is 2.74. The lowest BCUT2D eigenvalue weighted by molar-refractivity contribution is -0.119. The number of rotatable bonds is 2. The normalized spacial score (nSPS) is 18.0. The minimum atomic E-state index is 0.0538. The number of carbonyl (C=O) groups excluding carboxylic acids is 1. The molecule has 1 heterocycles. The quantitative estimate of drug-likeness (QED) is 0.786. The molecule has 0 saturated heterocycles.